The predicted octanol–water partition coefficient (Wildman–Crippen LogP) is 29.2. The zero-order chi connectivity index (χ0) is 90.0. The van der Waals surface area contributed by atoms with Gasteiger partial charge in [-0.2, -0.15) is 0 Å². The van der Waals surface area contributed by atoms with Gasteiger partial charge < -0.3 is 46.1 Å². The van der Waals surface area contributed by atoms with Crippen LogP contribution in [0.5, 0.6) is 0 Å². The molecule has 0 aliphatic carbocycles. The van der Waals surface area contributed by atoms with Gasteiger partial charge in [0, 0.05) is 158 Å². The number of aromatic nitrogens is 5. The lowest BCUT2D eigenvalue weighted by Gasteiger charge is -2.35. The fourth-order valence-corrected chi connectivity index (χ4v) is 27.6. The normalized spacial score (nSPS) is 13.6. The van der Waals surface area contributed by atoms with E-state index in [9.17, 15) is 0 Å². The average molecular weight is 1780 g/mol. The van der Waals surface area contributed by atoms with Gasteiger partial charge in [0.2, 0.25) is 0 Å². The topological polar surface area (TPSA) is 50.8 Å². The number of furan rings is 1. The van der Waals surface area contributed by atoms with Crippen LogP contribution in [-0.2, 0) is 0 Å². The van der Waals surface area contributed by atoms with Gasteiger partial charge in [-0.05, 0) is 176 Å². The summed E-state index contributed by atoms with van der Waals surface area (Å²) >= 11 is 1.92. The molecule has 8 aliphatic rings. The second-order valence-electron chi connectivity index (χ2n) is 38.2. The molecule has 638 valence electrons. The first kappa shape index (κ1) is 74.8. The van der Waals surface area contributed by atoms with E-state index in [4.69, 9.17) is 4.42 Å². The molecule has 21 aromatic carbocycles. The molecule has 0 fully saturated rings. The second kappa shape index (κ2) is 27.6. The maximum absolute atomic E-state index is 6.35. The monoisotopic (exact) mass is 1780 g/mol. The third-order valence-electron chi connectivity index (χ3n) is 31.7. The van der Waals surface area contributed by atoms with E-state index in [1.807, 2.05) is 17.4 Å². The number of benzene rings is 21. The smallest absolute Gasteiger partial charge is 0.421 e. The van der Waals surface area contributed by atoms with E-state index in [1.54, 1.807) is 0 Å². The molecule has 8 aliphatic heterocycles. The van der Waals surface area contributed by atoms with Gasteiger partial charge >= 0.3 is 27.9 Å². The Morgan fingerprint density at radius 2 is 0.554 bits per heavy atom. The zero-order valence-electron chi connectivity index (χ0n) is 74.8. The molecular weight excluding hydrogens is 1710 g/mol. The quantitative estimate of drug-likeness (QED) is 0.153. The molecule has 15 heteroatoms. The average Bonchev–Trinajstić information content (AvgIpc) is 1.53. The molecule has 0 bridgehead atoms. The van der Waals surface area contributed by atoms with Crippen molar-refractivity contribution in [2.24, 2.45) is 0 Å². The van der Waals surface area contributed by atoms with E-state index in [1.165, 1.54) is 268 Å². The molecule has 28 aromatic rings. The van der Waals surface area contributed by atoms with Crippen molar-refractivity contribution in [1.82, 2.24) is 22.5 Å². The molecule has 7 aromatic heterocycles. The Bertz CT molecular complexity index is 10400. The summed E-state index contributed by atoms with van der Waals surface area (Å²) in [4.78, 5) is 10.2. The molecule has 15 heterocycles. The van der Waals surface area contributed by atoms with Crippen LogP contribution in [0.4, 0.5) is 45.5 Å². The summed E-state index contributed by atoms with van der Waals surface area (Å²) in [6.45, 7) is 0.349. The minimum absolute atomic E-state index is 0.0438. The molecule has 0 atom stereocenters. The second-order valence-corrected chi connectivity index (χ2v) is 39.3. The van der Waals surface area contributed by atoms with E-state index in [-0.39, 0.29) is 27.9 Å². The van der Waals surface area contributed by atoms with Crippen molar-refractivity contribution in [2.45, 2.75) is 0 Å². The standard InChI is InChI=1S/C36H22BN3.C30H17BN2O.C30H17BN2S.C28H17BN2/c1-2-11-23(12-3-1)38-30-18-8-5-13-24(30)27-21-22-32-34(36(27)38)28-15-4-7-17-29(28)37-39(32)33-20-10-16-26-25-14-6-9-19-31(25)40(37)35(26)33;1-5-13-26-18(8-1)21-11-7-14-27-30(21)33(26)31-24-17-29-23(20-10-3-6-15-28(20)34-29)16-22(24)19-9-2-4-12-25(19)32(27)31;1-4-12-23-22(10-1)28-25(17-16-21-19-9-3-6-15-27(19)34-30(21)28)32-26-14-7-11-20-18-8-2-5-13-24(18)33(29(20)26)31(23)32;1-2-9-19-17-24-23(16-18(19)8-1)21-11-4-5-13-25(21)30-27-15-7-12-22-20-10-3-6-14-26(20)31(28(22)27)29(24)30/h1-22H;2*1-17H;1-17H. The van der Waals surface area contributed by atoms with Gasteiger partial charge in [-0.3, -0.25) is 0 Å². The predicted molar refractivity (Wildman–Crippen MR) is 589 cm³/mol. The van der Waals surface area contributed by atoms with Crippen LogP contribution in [0.1, 0.15) is 0 Å². The van der Waals surface area contributed by atoms with Crippen LogP contribution < -0.4 is 41.1 Å². The fourth-order valence-electron chi connectivity index (χ4n) is 26.3. The lowest BCUT2D eigenvalue weighted by molar-refractivity contribution is 0.669. The van der Waals surface area contributed by atoms with Crippen molar-refractivity contribution in [2.75, 3.05) is 19.2 Å². The Morgan fingerprint density at radius 1 is 0.194 bits per heavy atom. The van der Waals surface area contributed by atoms with E-state index in [0.29, 0.717) is 0 Å². The SMILES string of the molecule is c1ccc(-n2c3ccccc3c3ccc4c(c32)-c2ccccc2B2N4c3cccc4c5ccccc5n2c34)cc1.c1ccc2c(c1)-c1cc3c(cc1B1N2c2cccc4c5ccccc5n1c24)oc1ccccc13.c1ccc2c(c1)-c1cc3ccccc3cc1B1N2c2cccc3c4ccccc4n1c23.c1ccc2c(c1)B1N(c3ccc4c(sc5ccccc54)c3-2)c2cccc3c4ccccc4n1c23. The molecule has 10 nitrogen and oxygen atoms in total. The van der Waals surface area contributed by atoms with Crippen LogP contribution in [0.15, 0.2) is 447 Å². The van der Waals surface area contributed by atoms with Crippen LogP contribution in [0.25, 0.3) is 212 Å². The van der Waals surface area contributed by atoms with Crippen molar-refractivity contribution < 1.29 is 4.42 Å². The van der Waals surface area contributed by atoms with Gasteiger partial charge in [-0.15, -0.1) is 11.3 Å². The summed E-state index contributed by atoms with van der Waals surface area (Å²) in [6, 6.07) is 162. The van der Waals surface area contributed by atoms with Gasteiger partial charge in [0.25, 0.3) is 0 Å². The highest BCUT2D eigenvalue weighted by atomic mass is 32.1. The summed E-state index contributed by atoms with van der Waals surface area (Å²) in [5, 5.41) is 20.8. The van der Waals surface area contributed by atoms with Crippen LogP contribution in [-0.4, -0.2) is 50.4 Å². The third kappa shape index (κ3) is 9.73. The van der Waals surface area contributed by atoms with E-state index < -0.39 is 0 Å². The number of nitrogens with zero attached hydrogens (tertiary/aromatic N) is 9. The Labute approximate surface area is 801 Å². The van der Waals surface area contributed by atoms with E-state index in [2.05, 4.69) is 479 Å². The first-order valence-electron chi connectivity index (χ1n) is 48.2. The first-order chi connectivity index (χ1) is 69.1. The van der Waals surface area contributed by atoms with Gasteiger partial charge in [-0.1, -0.05) is 322 Å². The largest absolute Gasteiger partial charge is 0.456 e. The molecule has 0 radical (unpaired) electrons. The molecule has 139 heavy (non-hydrogen) atoms. The minimum atomic E-state index is 0.0438. The number of rotatable bonds is 1. The highest BCUT2D eigenvalue weighted by molar-refractivity contribution is 7.26. The van der Waals surface area contributed by atoms with Gasteiger partial charge in [0.1, 0.15) is 11.2 Å². The molecule has 36 rings (SSSR count). The van der Waals surface area contributed by atoms with E-state index >= 15 is 0 Å². The number of fused-ring (bicyclic) bond motifs is 56. The first-order valence-corrected chi connectivity index (χ1v) is 49.0. The Morgan fingerprint density at radius 3 is 1.09 bits per heavy atom. The lowest BCUT2D eigenvalue weighted by Crippen LogP contribution is -2.51. The highest BCUT2D eigenvalue weighted by Crippen LogP contribution is 2.58. The summed E-state index contributed by atoms with van der Waals surface area (Å²) < 4.78 is 21.8. The molecule has 0 N–H and O–H groups in total. The number of anilines is 8. The fraction of sp³-hybridized carbons (Fsp3) is 0. The van der Waals surface area contributed by atoms with Crippen LogP contribution in [0.3, 0.4) is 0 Å². The number of hydrogen-bond acceptors (Lipinski definition) is 6. The Hall–Kier alpha value is -17.6. The lowest BCUT2D eigenvalue weighted by atomic mass is 9.60. The number of hydrogen-bond donors (Lipinski definition) is 0. The van der Waals surface area contributed by atoms with Crippen molar-refractivity contribution >= 4 is 269 Å². The van der Waals surface area contributed by atoms with Crippen molar-refractivity contribution in [3.63, 3.8) is 0 Å². The van der Waals surface area contributed by atoms with Gasteiger partial charge in [-0.25, -0.2) is 0 Å². The summed E-state index contributed by atoms with van der Waals surface area (Å²) in [6.07, 6.45) is 0. The minimum Gasteiger partial charge on any atom is -0.456 e. The molecule has 0 amide bonds. The van der Waals surface area contributed by atoms with Crippen molar-refractivity contribution in [3.8, 4) is 50.2 Å². The molecule has 0 saturated carbocycles. The number of para-hydroxylation sites is 13. The molecular formula is C124H73B4N9OS. The van der Waals surface area contributed by atoms with Crippen LogP contribution in [0.2, 0.25) is 0 Å². The number of thiophene rings is 1. The van der Waals surface area contributed by atoms with Gasteiger partial charge in [0.05, 0.1) is 55.8 Å². The maximum atomic E-state index is 6.35. The molecule has 0 spiro atoms. The molecule has 0 saturated heterocycles. The third-order valence-corrected chi connectivity index (χ3v) is 32.9. The van der Waals surface area contributed by atoms with Gasteiger partial charge in [0.15, 0.2) is 0 Å². The summed E-state index contributed by atoms with van der Waals surface area (Å²) in [7, 11) is 0. The molecule has 0 unspecified atom stereocenters. The zero-order valence-corrected chi connectivity index (χ0v) is 75.6. The van der Waals surface area contributed by atoms with Crippen LogP contribution >= 0.6 is 11.3 Å². The van der Waals surface area contributed by atoms with Crippen molar-refractivity contribution in [3.05, 3.63) is 443 Å². The summed E-state index contributed by atoms with van der Waals surface area (Å²) in [5.74, 6) is 0. The maximum Gasteiger partial charge on any atom is 0.421 e. The highest BCUT2D eigenvalue weighted by Gasteiger charge is 2.51. The van der Waals surface area contributed by atoms with E-state index in [0.717, 1.165) is 11.2 Å². The Balaban J connectivity index is 0.0000000828. The Kier molecular flexibility index (Phi) is 14.8. The van der Waals surface area contributed by atoms with Crippen molar-refractivity contribution in [1.29, 1.82) is 0 Å². The summed E-state index contributed by atoms with van der Waals surface area (Å²) in [5.41, 5.74) is 42.2. The van der Waals surface area contributed by atoms with Crippen LogP contribution in [0, 0.1) is 0 Å².